The third kappa shape index (κ3) is 4.78. The van der Waals surface area contributed by atoms with Crippen molar-refractivity contribution in [1.29, 1.82) is 0 Å². The Kier molecular flexibility index (Phi) is 6.29. The van der Waals surface area contributed by atoms with Gasteiger partial charge in [-0.25, -0.2) is 0 Å². The number of carbonyl (C=O) groups is 2. The fourth-order valence-electron chi connectivity index (χ4n) is 4.99. The van der Waals surface area contributed by atoms with Gasteiger partial charge in [-0.05, 0) is 49.8 Å². The number of benzene rings is 1. The minimum atomic E-state index is -0.437. The van der Waals surface area contributed by atoms with E-state index < -0.39 is 5.41 Å². The molecular formula is C23H32N2O5. The van der Waals surface area contributed by atoms with Crippen LogP contribution in [0.5, 0.6) is 5.75 Å². The van der Waals surface area contributed by atoms with Crippen molar-refractivity contribution in [2.45, 2.75) is 57.2 Å². The van der Waals surface area contributed by atoms with Gasteiger partial charge in [0.1, 0.15) is 11.9 Å². The average molecular weight is 417 g/mol. The van der Waals surface area contributed by atoms with Gasteiger partial charge in [0.05, 0.1) is 11.5 Å². The fourth-order valence-corrected chi connectivity index (χ4v) is 4.99. The monoisotopic (exact) mass is 416 g/mol. The summed E-state index contributed by atoms with van der Waals surface area (Å²) < 4.78 is 5.73. The predicted molar refractivity (Wildman–Crippen MR) is 111 cm³/mol. The van der Waals surface area contributed by atoms with Crippen LogP contribution < -0.4 is 0 Å². The van der Waals surface area contributed by atoms with E-state index in [-0.39, 0.29) is 29.8 Å². The quantitative estimate of drug-likeness (QED) is 0.711. The molecule has 0 bridgehead atoms. The first kappa shape index (κ1) is 21.1. The largest absolute Gasteiger partial charge is 0.508 e. The molecule has 1 spiro atoms. The van der Waals surface area contributed by atoms with E-state index in [1.165, 1.54) is 0 Å². The number of cyclic esters (lactones) is 1. The van der Waals surface area contributed by atoms with E-state index in [0.717, 1.165) is 44.5 Å². The highest BCUT2D eigenvalue weighted by molar-refractivity contribution is 5.81. The van der Waals surface area contributed by atoms with Gasteiger partial charge in [-0.3, -0.25) is 14.5 Å². The molecule has 0 aromatic heterocycles. The van der Waals surface area contributed by atoms with Crippen molar-refractivity contribution in [2.75, 3.05) is 32.7 Å². The molecule has 30 heavy (non-hydrogen) atoms. The van der Waals surface area contributed by atoms with Crippen molar-refractivity contribution in [1.82, 2.24) is 9.80 Å². The Morgan fingerprint density at radius 3 is 2.43 bits per heavy atom. The lowest BCUT2D eigenvalue weighted by Gasteiger charge is -2.37. The molecule has 1 aromatic carbocycles. The van der Waals surface area contributed by atoms with Crippen LogP contribution in [0.1, 0.15) is 44.1 Å². The zero-order chi connectivity index (χ0) is 21.1. The number of amides is 1. The Hall–Kier alpha value is -2.12. The summed E-state index contributed by atoms with van der Waals surface area (Å²) in [5, 5.41) is 19.0. The van der Waals surface area contributed by atoms with Gasteiger partial charge in [0, 0.05) is 45.6 Å². The molecule has 7 nitrogen and oxygen atoms in total. The van der Waals surface area contributed by atoms with Gasteiger partial charge in [0.2, 0.25) is 5.91 Å². The molecule has 3 saturated heterocycles. The summed E-state index contributed by atoms with van der Waals surface area (Å²) in [5.74, 6) is 0.250. The number of carbonyl (C=O) groups excluding carboxylic acids is 2. The number of likely N-dealkylation sites (tertiary alicyclic amines) is 2. The van der Waals surface area contributed by atoms with Gasteiger partial charge < -0.3 is 19.8 Å². The number of nitrogens with zero attached hydrogens (tertiary/aromatic N) is 2. The number of phenolic OH excluding ortho intramolecular Hbond substituents is 1. The van der Waals surface area contributed by atoms with Crippen LogP contribution in [-0.4, -0.2) is 76.8 Å². The summed E-state index contributed by atoms with van der Waals surface area (Å²) >= 11 is 0. The SMILES string of the molecule is O=C(CCc1ccc(O)cc1)N1CCC2(CC1)CC(CN1CCC(O)CC1)OC2=O. The highest BCUT2D eigenvalue weighted by Gasteiger charge is 2.51. The molecule has 1 unspecified atom stereocenters. The molecule has 3 heterocycles. The lowest BCUT2D eigenvalue weighted by atomic mass is 9.76. The maximum absolute atomic E-state index is 12.7. The average Bonchev–Trinajstić information content (AvgIpc) is 3.04. The third-order valence-electron chi connectivity index (χ3n) is 6.98. The summed E-state index contributed by atoms with van der Waals surface area (Å²) in [7, 11) is 0. The molecule has 0 saturated carbocycles. The molecule has 3 aliphatic rings. The van der Waals surface area contributed by atoms with Crippen LogP contribution in [0.15, 0.2) is 24.3 Å². The predicted octanol–water partition coefficient (Wildman–Crippen LogP) is 1.71. The maximum atomic E-state index is 12.7. The van der Waals surface area contributed by atoms with E-state index in [9.17, 15) is 19.8 Å². The normalized spacial score (nSPS) is 24.9. The van der Waals surface area contributed by atoms with Crippen molar-refractivity contribution in [3.8, 4) is 5.75 Å². The third-order valence-corrected chi connectivity index (χ3v) is 6.98. The van der Waals surface area contributed by atoms with Crippen molar-refractivity contribution in [2.24, 2.45) is 5.41 Å². The molecule has 164 valence electrons. The topological polar surface area (TPSA) is 90.3 Å². The van der Waals surface area contributed by atoms with E-state index in [1.54, 1.807) is 12.1 Å². The van der Waals surface area contributed by atoms with Gasteiger partial charge in [0.25, 0.3) is 0 Å². The summed E-state index contributed by atoms with van der Waals surface area (Å²) in [6.45, 7) is 3.66. The molecule has 3 aliphatic heterocycles. The van der Waals surface area contributed by atoms with Crippen LogP contribution in [0.2, 0.25) is 0 Å². The van der Waals surface area contributed by atoms with E-state index in [0.29, 0.717) is 38.8 Å². The maximum Gasteiger partial charge on any atom is 0.312 e. The molecule has 1 aromatic rings. The second-order valence-corrected chi connectivity index (χ2v) is 9.09. The highest BCUT2D eigenvalue weighted by Crippen LogP contribution is 2.43. The Morgan fingerprint density at radius 1 is 1.10 bits per heavy atom. The zero-order valence-electron chi connectivity index (χ0n) is 17.5. The van der Waals surface area contributed by atoms with Crippen molar-refractivity contribution in [3.05, 3.63) is 29.8 Å². The number of aliphatic hydroxyl groups is 1. The van der Waals surface area contributed by atoms with Gasteiger partial charge in [0.15, 0.2) is 0 Å². The smallest absolute Gasteiger partial charge is 0.312 e. The van der Waals surface area contributed by atoms with Crippen LogP contribution in [0.3, 0.4) is 0 Å². The Bertz CT molecular complexity index is 749. The number of hydrogen-bond donors (Lipinski definition) is 2. The van der Waals surface area contributed by atoms with Crippen molar-refractivity contribution >= 4 is 11.9 Å². The van der Waals surface area contributed by atoms with Crippen molar-refractivity contribution < 1.29 is 24.5 Å². The summed E-state index contributed by atoms with van der Waals surface area (Å²) in [5.41, 5.74) is 0.593. The minimum Gasteiger partial charge on any atom is -0.508 e. The first-order valence-electron chi connectivity index (χ1n) is 11.1. The van der Waals surface area contributed by atoms with Crippen LogP contribution in [-0.2, 0) is 20.7 Å². The van der Waals surface area contributed by atoms with Gasteiger partial charge in [-0.15, -0.1) is 0 Å². The Labute approximate surface area is 177 Å². The second kappa shape index (κ2) is 8.94. The highest BCUT2D eigenvalue weighted by atomic mass is 16.6. The van der Waals surface area contributed by atoms with Crippen LogP contribution in [0, 0.1) is 5.41 Å². The molecule has 1 amide bonds. The molecule has 0 aliphatic carbocycles. The number of phenols is 1. The Morgan fingerprint density at radius 2 is 1.77 bits per heavy atom. The molecule has 7 heteroatoms. The molecule has 0 radical (unpaired) electrons. The molecule has 3 fully saturated rings. The van der Waals surface area contributed by atoms with E-state index in [2.05, 4.69) is 4.90 Å². The molecule has 4 rings (SSSR count). The lowest BCUT2D eigenvalue weighted by Crippen LogP contribution is -2.45. The van der Waals surface area contributed by atoms with E-state index >= 15 is 0 Å². The van der Waals surface area contributed by atoms with Crippen LogP contribution in [0.25, 0.3) is 0 Å². The van der Waals surface area contributed by atoms with Crippen molar-refractivity contribution in [3.63, 3.8) is 0 Å². The summed E-state index contributed by atoms with van der Waals surface area (Å²) in [6, 6.07) is 6.95. The number of aliphatic hydroxyl groups excluding tert-OH is 1. The number of esters is 1. The second-order valence-electron chi connectivity index (χ2n) is 9.09. The van der Waals surface area contributed by atoms with E-state index in [4.69, 9.17) is 4.74 Å². The number of aromatic hydroxyl groups is 1. The standard InChI is InChI=1S/C23H32N2O5/c26-18-4-1-17(2-5-18)3-6-21(28)25-13-9-23(10-14-25)15-20(30-22(23)29)16-24-11-7-19(27)8-12-24/h1-2,4-5,19-20,26-27H,3,6-16H2. The number of rotatable bonds is 5. The molecule has 1 atom stereocenters. The van der Waals surface area contributed by atoms with Crippen LogP contribution >= 0.6 is 0 Å². The minimum absolute atomic E-state index is 0.0792. The lowest BCUT2D eigenvalue weighted by molar-refractivity contribution is -0.153. The van der Waals surface area contributed by atoms with Gasteiger partial charge >= 0.3 is 5.97 Å². The summed E-state index contributed by atoms with van der Waals surface area (Å²) in [4.78, 5) is 29.4. The molecule has 2 N–H and O–H groups in total. The summed E-state index contributed by atoms with van der Waals surface area (Å²) in [6.07, 6.45) is 4.46. The molecular weight excluding hydrogens is 384 g/mol. The number of piperidine rings is 2. The Balaban J connectivity index is 1.24. The number of aryl methyl sites for hydroxylation is 1. The van der Waals surface area contributed by atoms with Gasteiger partial charge in [-0.2, -0.15) is 0 Å². The fraction of sp³-hybridized carbons (Fsp3) is 0.652. The van der Waals surface area contributed by atoms with E-state index in [1.807, 2.05) is 17.0 Å². The first-order chi connectivity index (χ1) is 14.4. The van der Waals surface area contributed by atoms with Crippen LogP contribution in [0.4, 0.5) is 0 Å². The zero-order valence-corrected chi connectivity index (χ0v) is 17.5. The number of ether oxygens (including phenoxy) is 1. The first-order valence-corrected chi connectivity index (χ1v) is 11.1. The van der Waals surface area contributed by atoms with Gasteiger partial charge in [-0.1, -0.05) is 12.1 Å². The number of hydrogen-bond acceptors (Lipinski definition) is 6.